The van der Waals surface area contributed by atoms with Gasteiger partial charge in [0.15, 0.2) is 5.65 Å². The summed E-state index contributed by atoms with van der Waals surface area (Å²) < 4.78 is 27.3. The Hall–Kier alpha value is -4.01. The van der Waals surface area contributed by atoms with E-state index >= 15 is 0 Å². The van der Waals surface area contributed by atoms with Gasteiger partial charge in [0.05, 0.1) is 17.1 Å². The zero-order valence-corrected chi connectivity index (χ0v) is 19.2. The van der Waals surface area contributed by atoms with Gasteiger partial charge in [0.2, 0.25) is 5.95 Å². The summed E-state index contributed by atoms with van der Waals surface area (Å²) in [7, 11) is -4.12. The zero-order chi connectivity index (χ0) is 23.7. The van der Waals surface area contributed by atoms with Gasteiger partial charge in [-0.1, -0.05) is 12.1 Å². The van der Waals surface area contributed by atoms with Crippen LogP contribution >= 0.6 is 0 Å². The van der Waals surface area contributed by atoms with Gasteiger partial charge in [0, 0.05) is 43.2 Å². The second-order valence-corrected chi connectivity index (χ2v) is 9.78. The molecule has 3 heterocycles. The minimum atomic E-state index is -4.12. The molecule has 1 aliphatic heterocycles. The van der Waals surface area contributed by atoms with E-state index < -0.39 is 10.0 Å². The quantitative estimate of drug-likeness (QED) is 0.448. The molecule has 0 bridgehead atoms. The molecule has 1 saturated heterocycles. The molecule has 0 saturated carbocycles. The molecule has 0 unspecified atom stereocenters. The smallest absolute Gasteiger partial charge is 0.286 e. The molecule has 0 spiro atoms. The number of nitriles is 1. The number of benzene rings is 2. The fraction of sp³-hybridized carbons (Fsp3) is 0.217. The monoisotopic (exact) mass is 474 g/mol. The van der Waals surface area contributed by atoms with Gasteiger partial charge in [-0.15, -0.1) is 4.09 Å². The summed E-state index contributed by atoms with van der Waals surface area (Å²) in [4.78, 5) is 10.9. The zero-order valence-electron chi connectivity index (χ0n) is 18.4. The molecule has 4 aromatic rings. The Morgan fingerprint density at radius 2 is 1.94 bits per heavy atom. The van der Waals surface area contributed by atoms with Gasteiger partial charge in [0.1, 0.15) is 11.0 Å². The first-order chi connectivity index (χ1) is 16.5. The summed E-state index contributed by atoms with van der Waals surface area (Å²) >= 11 is 0. The normalized spacial score (nSPS) is 16.4. The molecule has 2 N–H and O–H groups in total. The molecule has 0 aliphatic carbocycles. The van der Waals surface area contributed by atoms with Crippen LogP contribution in [0.4, 0.5) is 17.3 Å². The Morgan fingerprint density at radius 3 is 2.71 bits per heavy atom. The summed E-state index contributed by atoms with van der Waals surface area (Å²) in [5, 5.41) is 20.4. The van der Waals surface area contributed by atoms with Crippen molar-refractivity contribution in [2.75, 3.05) is 29.9 Å². The minimum absolute atomic E-state index is 0.0394. The standard InChI is InChI=1S/C23H22N8O2S/c1-16-15-30(11-10-25-16)20-8-6-19(7-9-20)28-23-26-13-18-14-27-31(22(18)29-23)34(32,33)21-5-3-2-4-17(21)12-24/h2-9,13-14,16,25H,10-11,15H2,1H3,(H,26,28,29)/t16-/m0/s1. The van der Waals surface area contributed by atoms with Crippen LogP contribution in [-0.4, -0.2) is 53.2 Å². The Morgan fingerprint density at radius 1 is 1.15 bits per heavy atom. The maximum atomic E-state index is 13.2. The molecule has 1 fully saturated rings. The largest absolute Gasteiger partial charge is 0.369 e. The first kappa shape index (κ1) is 21.8. The van der Waals surface area contributed by atoms with Crippen molar-refractivity contribution in [3.8, 4) is 6.07 Å². The lowest BCUT2D eigenvalue weighted by Crippen LogP contribution is -2.49. The predicted octanol–water partition coefficient (Wildman–Crippen LogP) is 2.48. The highest BCUT2D eigenvalue weighted by molar-refractivity contribution is 7.90. The molecular weight excluding hydrogens is 452 g/mol. The molecule has 0 amide bonds. The molecule has 0 radical (unpaired) electrons. The summed E-state index contributed by atoms with van der Waals surface area (Å²) in [5.74, 6) is 0.238. The first-order valence-electron chi connectivity index (χ1n) is 10.8. The molecule has 2 aromatic heterocycles. The molecule has 172 valence electrons. The SMILES string of the molecule is C[C@H]1CN(c2ccc(Nc3ncc4cnn(S(=O)(=O)c5ccccc5C#N)c4n3)cc2)CCN1. The van der Waals surface area contributed by atoms with Gasteiger partial charge in [0.25, 0.3) is 10.0 Å². The number of nitrogens with one attached hydrogen (secondary N) is 2. The number of rotatable bonds is 5. The van der Waals surface area contributed by atoms with Crippen LogP contribution in [-0.2, 0) is 10.0 Å². The molecule has 34 heavy (non-hydrogen) atoms. The number of aromatic nitrogens is 4. The molecule has 1 atom stereocenters. The van der Waals surface area contributed by atoms with Crippen LogP contribution in [0, 0.1) is 11.3 Å². The first-order valence-corrected chi connectivity index (χ1v) is 12.2. The third-order valence-electron chi connectivity index (χ3n) is 5.65. The molecule has 5 rings (SSSR count). The Balaban J connectivity index is 1.43. The number of hydrogen-bond acceptors (Lipinski definition) is 9. The van der Waals surface area contributed by atoms with Crippen LogP contribution < -0.4 is 15.5 Å². The number of piperazine rings is 1. The lowest BCUT2D eigenvalue weighted by atomic mass is 10.2. The highest BCUT2D eigenvalue weighted by Crippen LogP contribution is 2.24. The second-order valence-electron chi connectivity index (χ2n) is 8.05. The van der Waals surface area contributed by atoms with Crippen LogP contribution in [0.5, 0.6) is 0 Å². The lowest BCUT2D eigenvalue weighted by Gasteiger charge is -2.33. The summed E-state index contributed by atoms with van der Waals surface area (Å²) in [6.07, 6.45) is 2.89. The third-order valence-corrected chi connectivity index (χ3v) is 7.28. The lowest BCUT2D eigenvalue weighted by molar-refractivity contribution is 0.485. The van der Waals surface area contributed by atoms with Gasteiger partial charge < -0.3 is 15.5 Å². The van der Waals surface area contributed by atoms with Crippen molar-refractivity contribution in [2.45, 2.75) is 17.9 Å². The predicted molar refractivity (Wildman–Crippen MR) is 128 cm³/mol. The number of anilines is 3. The van der Waals surface area contributed by atoms with Crippen molar-refractivity contribution < 1.29 is 8.42 Å². The van der Waals surface area contributed by atoms with Gasteiger partial charge in [-0.05, 0) is 43.3 Å². The van der Waals surface area contributed by atoms with E-state index in [2.05, 4.69) is 37.5 Å². The van der Waals surface area contributed by atoms with Crippen LogP contribution in [0.25, 0.3) is 11.0 Å². The van der Waals surface area contributed by atoms with Crippen LogP contribution in [0.15, 0.2) is 65.8 Å². The number of fused-ring (bicyclic) bond motifs is 1. The van der Waals surface area contributed by atoms with Gasteiger partial charge in [-0.25, -0.2) is 4.98 Å². The van der Waals surface area contributed by atoms with Crippen molar-refractivity contribution >= 4 is 38.4 Å². The topological polar surface area (TPSA) is 129 Å². The van der Waals surface area contributed by atoms with Crippen LogP contribution in [0.2, 0.25) is 0 Å². The van der Waals surface area contributed by atoms with E-state index in [1.54, 1.807) is 12.1 Å². The van der Waals surface area contributed by atoms with Gasteiger partial charge >= 0.3 is 0 Å². The van der Waals surface area contributed by atoms with Crippen molar-refractivity contribution in [3.05, 3.63) is 66.5 Å². The maximum Gasteiger partial charge on any atom is 0.286 e. The highest BCUT2D eigenvalue weighted by atomic mass is 32.2. The summed E-state index contributed by atoms with van der Waals surface area (Å²) in [5.41, 5.74) is 2.07. The molecule has 1 aliphatic rings. The van der Waals surface area contributed by atoms with E-state index in [0.717, 1.165) is 35.1 Å². The van der Waals surface area contributed by atoms with Gasteiger partial charge in [-0.2, -0.15) is 23.8 Å². The van der Waals surface area contributed by atoms with E-state index in [-0.39, 0.29) is 22.1 Å². The summed E-state index contributed by atoms with van der Waals surface area (Å²) in [6, 6.07) is 16.3. The van der Waals surface area contributed by atoms with Crippen molar-refractivity contribution in [2.24, 2.45) is 0 Å². The Bertz CT molecular complexity index is 1490. The minimum Gasteiger partial charge on any atom is -0.369 e. The van der Waals surface area contributed by atoms with Crippen LogP contribution in [0.1, 0.15) is 12.5 Å². The van der Waals surface area contributed by atoms with E-state index in [9.17, 15) is 13.7 Å². The van der Waals surface area contributed by atoms with E-state index in [4.69, 9.17) is 0 Å². The Kier molecular flexibility index (Phi) is 5.61. The van der Waals surface area contributed by atoms with E-state index in [0.29, 0.717) is 11.4 Å². The maximum absolute atomic E-state index is 13.2. The molecule has 2 aromatic carbocycles. The van der Waals surface area contributed by atoms with Gasteiger partial charge in [-0.3, -0.25) is 0 Å². The fourth-order valence-electron chi connectivity index (χ4n) is 3.96. The summed E-state index contributed by atoms with van der Waals surface area (Å²) in [6.45, 7) is 5.01. The van der Waals surface area contributed by atoms with Crippen molar-refractivity contribution in [3.63, 3.8) is 0 Å². The van der Waals surface area contributed by atoms with E-state index in [1.807, 2.05) is 30.3 Å². The third kappa shape index (κ3) is 4.05. The highest BCUT2D eigenvalue weighted by Gasteiger charge is 2.24. The average Bonchev–Trinajstić information content (AvgIpc) is 3.29. The van der Waals surface area contributed by atoms with E-state index in [1.165, 1.54) is 24.5 Å². The molecular formula is C23H22N8O2S. The Labute approximate surface area is 196 Å². The van der Waals surface area contributed by atoms with Crippen molar-refractivity contribution in [1.29, 1.82) is 5.26 Å². The molecule has 10 nitrogen and oxygen atoms in total. The fourth-order valence-corrected chi connectivity index (χ4v) is 5.33. The van der Waals surface area contributed by atoms with Crippen LogP contribution in [0.3, 0.4) is 0 Å². The second kappa shape index (κ2) is 8.74. The molecule has 11 heteroatoms. The number of nitrogens with zero attached hydrogens (tertiary/aromatic N) is 6. The average molecular weight is 475 g/mol. The van der Waals surface area contributed by atoms with Crippen molar-refractivity contribution in [1.82, 2.24) is 24.5 Å². The number of hydrogen-bond donors (Lipinski definition) is 2.